The molecule has 0 aliphatic carbocycles. The molecule has 2 aromatic rings. The Bertz CT molecular complexity index is 845. The summed E-state index contributed by atoms with van der Waals surface area (Å²) >= 11 is 6.00. The van der Waals surface area contributed by atoms with Gasteiger partial charge >= 0.3 is 5.97 Å². The van der Waals surface area contributed by atoms with Crippen molar-refractivity contribution in [1.29, 1.82) is 0 Å². The van der Waals surface area contributed by atoms with Crippen LogP contribution in [0.2, 0.25) is 5.02 Å². The topological polar surface area (TPSA) is 77.8 Å². The molecule has 0 aromatic heterocycles. The highest BCUT2D eigenvalue weighted by molar-refractivity contribution is 6.31. The predicted octanol–water partition coefficient (Wildman–Crippen LogP) is 2.93. The van der Waals surface area contributed by atoms with E-state index < -0.39 is 23.3 Å². The molecule has 24 heavy (non-hydrogen) atoms. The molecule has 0 fully saturated rings. The summed E-state index contributed by atoms with van der Waals surface area (Å²) in [4.78, 5) is 24.9. The zero-order valence-electron chi connectivity index (χ0n) is 12.6. The van der Waals surface area contributed by atoms with E-state index in [1.807, 2.05) is 0 Å². The number of nitrogens with zero attached hydrogens (tertiary/aromatic N) is 1. The summed E-state index contributed by atoms with van der Waals surface area (Å²) < 4.78 is 14.0. The second-order valence-corrected chi connectivity index (χ2v) is 6.11. The quantitative estimate of drug-likeness (QED) is 0.893. The Labute approximate surface area is 141 Å². The summed E-state index contributed by atoms with van der Waals surface area (Å²) in [7, 11) is 0. The van der Waals surface area contributed by atoms with E-state index in [0.29, 0.717) is 0 Å². The highest BCUT2D eigenvalue weighted by Crippen LogP contribution is 2.42. The minimum Gasteiger partial charge on any atom is -0.478 e. The normalized spacial score (nSPS) is 19.5. The van der Waals surface area contributed by atoms with Crippen LogP contribution in [0.15, 0.2) is 36.4 Å². The maximum atomic E-state index is 14.0. The molecule has 7 heteroatoms. The van der Waals surface area contributed by atoms with E-state index in [1.165, 1.54) is 43.3 Å². The third kappa shape index (κ3) is 2.44. The number of aromatic carboxylic acids is 1. The zero-order valence-corrected chi connectivity index (χ0v) is 13.3. The van der Waals surface area contributed by atoms with E-state index in [0.717, 1.165) is 4.90 Å². The lowest BCUT2D eigenvalue weighted by atomic mass is 9.97. The highest BCUT2D eigenvalue weighted by Gasteiger charge is 2.46. The first kappa shape index (κ1) is 16.4. The van der Waals surface area contributed by atoms with E-state index in [-0.39, 0.29) is 33.9 Å². The van der Waals surface area contributed by atoms with Crippen LogP contribution in [0, 0.1) is 5.82 Å². The van der Waals surface area contributed by atoms with E-state index in [4.69, 9.17) is 16.7 Å². The molecule has 124 valence electrons. The SMILES string of the molecule is CC1(O)C(=O)N(Cc2c(F)cccc2Cl)c2cc(C(=O)O)ccc21. The number of halogens is 2. The molecule has 0 spiro atoms. The van der Waals surface area contributed by atoms with Crippen LogP contribution in [0.1, 0.15) is 28.4 Å². The summed E-state index contributed by atoms with van der Waals surface area (Å²) in [5, 5.41) is 19.7. The van der Waals surface area contributed by atoms with Crippen LogP contribution in [0.4, 0.5) is 10.1 Å². The molecular weight excluding hydrogens is 337 g/mol. The van der Waals surface area contributed by atoms with Crippen molar-refractivity contribution < 1.29 is 24.2 Å². The minimum absolute atomic E-state index is 0.0381. The fourth-order valence-electron chi connectivity index (χ4n) is 2.79. The van der Waals surface area contributed by atoms with Gasteiger partial charge in [0.2, 0.25) is 0 Å². The van der Waals surface area contributed by atoms with Gasteiger partial charge in [0, 0.05) is 16.1 Å². The molecule has 0 bridgehead atoms. The van der Waals surface area contributed by atoms with Crippen molar-refractivity contribution in [3.05, 3.63) is 63.9 Å². The van der Waals surface area contributed by atoms with Crippen molar-refractivity contribution in [1.82, 2.24) is 0 Å². The second-order valence-electron chi connectivity index (χ2n) is 5.70. The lowest BCUT2D eigenvalue weighted by molar-refractivity contribution is -0.134. The van der Waals surface area contributed by atoms with Crippen molar-refractivity contribution >= 4 is 29.2 Å². The summed E-state index contributed by atoms with van der Waals surface area (Å²) in [5.74, 6) is -2.42. The van der Waals surface area contributed by atoms with Crippen molar-refractivity contribution in [2.24, 2.45) is 0 Å². The third-order valence-corrected chi connectivity index (χ3v) is 4.45. The average Bonchev–Trinajstić information content (AvgIpc) is 2.71. The van der Waals surface area contributed by atoms with Gasteiger partial charge in [0.1, 0.15) is 5.82 Å². The van der Waals surface area contributed by atoms with Gasteiger partial charge in [0.05, 0.1) is 17.8 Å². The number of hydrogen-bond acceptors (Lipinski definition) is 3. The molecule has 2 N–H and O–H groups in total. The maximum absolute atomic E-state index is 14.0. The lowest BCUT2D eigenvalue weighted by Crippen LogP contribution is -2.37. The number of amides is 1. The second kappa shape index (κ2) is 5.58. The standard InChI is InChI=1S/C17H13ClFNO4/c1-17(24)11-6-5-9(15(21)22)7-14(11)20(16(17)23)8-10-12(18)3-2-4-13(10)19/h2-7,24H,8H2,1H3,(H,21,22). The van der Waals surface area contributed by atoms with E-state index in [2.05, 4.69) is 0 Å². The van der Waals surface area contributed by atoms with Crippen LogP contribution >= 0.6 is 11.6 Å². The third-order valence-electron chi connectivity index (χ3n) is 4.10. The number of aliphatic hydroxyl groups is 1. The van der Waals surface area contributed by atoms with Gasteiger partial charge < -0.3 is 15.1 Å². The maximum Gasteiger partial charge on any atom is 0.335 e. The smallest absolute Gasteiger partial charge is 0.335 e. The Balaban J connectivity index is 2.11. The van der Waals surface area contributed by atoms with Gasteiger partial charge in [0.25, 0.3) is 5.91 Å². The van der Waals surface area contributed by atoms with Gasteiger partial charge in [-0.05, 0) is 31.2 Å². The average molecular weight is 350 g/mol. The monoisotopic (exact) mass is 349 g/mol. The number of carbonyl (C=O) groups is 2. The molecule has 3 rings (SSSR count). The number of anilines is 1. The largest absolute Gasteiger partial charge is 0.478 e. The first-order chi connectivity index (χ1) is 11.2. The summed E-state index contributed by atoms with van der Waals surface area (Å²) in [5.41, 5.74) is -1.26. The molecule has 0 radical (unpaired) electrons. The van der Waals surface area contributed by atoms with Crippen LogP contribution in [0.25, 0.3) is 0 Å². The van der Waals surface area contributed by atoms with Gasteiger partial charge in [-0.3, -0.25) is 4.79 Å². The molecule has 0 saturated heterocycles. The van der Waals surface area contributed by atoms with E-state index in [9.17, 15) is 19.1 Å². The Morgan fingerprint density at radius 3 is 2.67 bits per heavy atom. The number of hydrogen-bond donors (Lipinski definition) is 2. The van der Waals surface area contributed by atoms with Crippen LogP contribution in [-0.2, 0) is 16.9 Å². The summed E-state index contributed by atoms with van der Waals surface area (Å²) in [6, 6.07) is 8.13. The number of carboxylic acids is 1. The minimum atomic E-state index is -1.82. The molecule has 1 aliphatic rings. The Kier molecular flexibility index (Phi) is 3.81. The molecule has 1 amide bonds. The van der Waals surface area contributed by atoms with Crippen molar-refractivity contribution in [3.63, 3.8) is 0 Å². The lowest BCUT2D eigenvalue weighted by Gasteiger charge is -2.20. The predicted molar refractivity (Wildman–Crippen MR) is 85.6 cm³/mol. The molecule has 1 atom stereocenters. The number of benzene rings is 2. The molecule has 1 aliphatic heterocycles. The number of fused-ring (bicyclic) bond motifs is 1. The van der Waals surface area contributed by atoms with Crippen LogP contribution < -0.4 is 4.90 Å². The van der Waals surface area contributed by atoms with Gasteiger partial charge in [-0.15, -0.1) is 0 Å². The van der Waals surface area contributed by atoms with Gasteiger partial charge in [-0.2, -0.15) is 0 Å². The first-order valence-corrected chi connectivity index (χ1v) is 7.46. The molecular formula is C17H13ClFNO4. The molecule has 5 nitrogen and oxygen atoms in total. The number of carbonyl (C=O) groups excluding carboxylic acids is 1. The fraction of sp³-hybridized carbons (Fsp3) is 0.176. The van der Waals surface area contributed by atoms with E-state index >= 15 is 0 Å². The molecule has 0 saturated carbocycles. The Morgan fingerprint density at radius 2 is 2.04 bits per heavy atom. The van der Waals surface area contributed by atoms with Gasteiger partial charge in [-0.25, -0.2) is 9.18 Å². The number of carboxylic acid groups (broad SMARTS) is 1. The summed E-state index contributed by atoms with van der Waals surface area (Å²) in [6.07, 6.45) is 0. The fourth-order valence-corrected chi connectivity index (χ4v) is 3.01. The zero-order chi connectivity index (χ0) is 17.6. The van der Waals surface area contributed by atoms with Crippen molar-refractivity contribution in [2.45, 2.75) is 19.1 Å². The van der Waals surface area contributed by atoms with Crippen LogP contribution in [0.3, 0.4) is 0 Å². The van der Waals surface area contributed by atoms with Crippen LogP contribution in [0.5, 0.6) is 0 Å². The number of rotatable bonds is 3. The van der Waals surface area contributed by atoms with Gasteiger partial charge in [0.15, 0.2) is 5.60 Å². The van der Waals surface area contributed by atoms with Gasteiger partial charge in [-0.1, -0.05) is 23.7 Å². The Morgan fingerprint density at radius 1 is 1.33 bits per heavy atom. The van der Waals surface area contributed by atoms with Crippen molar-refractivity contribution in [2.75, 3.05) is 4.90 Å². The molecule has 1 unspecified atom stereocenters. The molecule has 2 aromatic carbocycles. The highest BCUT2D eigenvalue weighted by atomic mass is 35.5. The van der Waals surface area contributed by atoms with Crippen molar-refractivity contribution in [3.8, 4) is 0 Å². The first-order valence-electron chi connectivity index (χ1n) is 7.08. The summed E-state index contributed by atoms with van der Waals surface area (Å²) in [6.45, 7) is 1.11. The van der Waals surface area contributed by atoms with Crippen LogP contribution in [-0.4, -0.2) is 22.1 Å². The Hall–Kier alpha value is -2.44. The van der Waals surface area contributed by atoms with E-state index in [1.54, 1.807) is 0 Å². The molecule has 1 heterocycles.